The van der Waals surface area contributed by atoms with Crippen LogP contribution in [0.15, 0.2) is 48.8 Å². The van der Waals surface area contributed by atoms with E-state index in [0.717, 1.165) is 31.6 Å². The molecule has 2 aromatic rings. The molecule has 1 unspecified atom stereocenters. The summed E-state index contributed by atoms with van der Waals surface area (Å²) in [5.74, 6) is 0.779. The first kappa shape index (κ1) is 16.5. The lowest BCUT2D eigenvalue weighted by Crippen LogP contribution is -2.36. The minimum Gasteiger partial charge on any atom is -0.496 e. The number of carbonyl (C=O) groups excluding carboxylic acids is 1. The molecule has 1 amide bonds. The molecule has 1 atom stereocenters. The van der Waals surface area contributed by atoms with E-state index in [2.05, 4.69) is 10.3 Å². The Morgan fingerprint density at radius 2 is 2.04 bits per heavy atom. The highest BCUT2D eigenvalue weighted by Gasteiger charge is 2.28. The molecule has 1 aromatic carbocycles. The van der Waals surface area contributed by atoms with E-state index in [-0.39, 0.29) is 11.9 Å². The summed E-state index contributed by atoms with van der Waals surface area (Å²) in [6.07, 6.45) is 5.41. The number of hydrogen-bond acceptors (Lipinski definition) is 4. The van der Waals surface area contributed by atoms with Crippen molar-refractivity contribution in [2.45, 2.75) is 18.9 Å². The smallest absolute Gasteiger partial charge is 0.255 e. The molecule has 2 heterocycles. The number of nitrogens with zero attached hydrogens (tertiary/aromatic N) is 1. The third-order valence-corrected chi connectivity index (χ3v) is 4.42. The van der Waals surface area contributed by atoms with Crippen LogP contribution in [-0.4, -0.2) is 31.2 Å². The molecule has 24 heavy (non-hydrogen) atoms. The average Bonchev–Trinajstić information content (AvgIpc) is 2.67. The topological polar surface area (TPSA) is 60.5 Å². The standard InChI is InChI=1S/C19H22N2O3/c1-23-17-7-3-2-6-16(17)19(22)21-18(14-8-11-24-12-9-14)15-5-4-10-20-13-15/h2-7,10,13-14,18H,8-9,11-12H2,1H3,(H,21,22). The molecule has 0 radical (unpaired) electrons. The summed E-state index contributed by atoms with van der Waals surface area (Å²) in [4.78, 5) is 17.0. The van der Waals surface area contributed by atoms with Crippen LogP contribution >= 0.6 is 0 Å². The minimum absolute atomic E-state index is 0.0833. The number of methoxy groups -OCH3 is 1. The lowest BCUT2D eigenvalue weighted by Gasteiger charge is -2.31. The highest BCUT2D eigenvalue weighted by molar-refractivity contribution is 5.97. The molecule has 1 aliphatic rings. The zero-order valence-electron chi connectivity index (χ0n) is 13.8. The van der Waals surface area contributed by atoms with E-state index in [9.17, 15) is 4.79 Å². The monoisotopic (exact) mass is 326 g/mol. The molecule has 126 valence electrons. The molecule has 0 saturated carbocycles. The molecule has 1 saturated heterocycles. The molecule has 5 heteroatoms. The van der Waals surface area contributed by atoms with Gasteiger partial charge < -0.3 is 14.8 Å². The first-order chi connectivity index (χ1) is 11.8. The predicted molar refractivity (Wildman–Crippen MR) is 91.0 cm³/mol. The number of amides is 1. The van der Waals surface area contributed by atoms with Gasteiger partial charge in [0.05, 0.1) is 18.7 Å². The molecule has 3 rings (SSSR count). The Bertz CT molecular complexity index is 669. The maximum atomic E-state index is 12.8. The van der Waals surface area contributed by atoms with Crippen molar-refractivity contribution in [3.8, 4) is 5.75 Å². The van der Waals surface area contributed by atoms with Gasteiger partial charge >= 0.3 is 0 Å². The second kappa shape index (κ2) is 7.93. The first-order valence-corrected chi connectivity index (χ1v) is 8.21. The van der Waals surface area contributed by atoms with E-state index in [1.165, 1.54) is 0 Å². The summed E-state index contributed by atoms with van der Waals surface area (Å²) in [5.41, 5.74) is 1.56. The van der Waals surface area contributed by atoms with Crippen LogP contribution in [0.5, 0.6) is 5.75 Å². The second-order valence-corrected chi connectivity index (χ2v) is 5.89. The number of hydrogen-bond donors (Lipinski definition) is 1. The summed E-state index contributed by atoms with van der Waals surface area (Å²) in [7, 11) is 1.57. The van der Waals surface area contributed by atoms with Gasteiger partial charge in [-0.15, -0.1) is 0 Å². The molecule has 0 aliphatic carbocycles. The lowest BCUT2D eigenvalue weighted by atomic mass is 9.87. The fourth-order valence-corrected chi connectivity index (χ4v) is 3.13. The van der Waals surface area contributed by atoms with Gasteiger partial charge in [-0.2, -0.15) is 0 Å². The van der Waals surface area contributed by atoms with Crippen LogP contribution in [0.2, 0.25) is 0 Å². The van der Waals surface area contributed by atoms with Gasteiger partial charge in [0.2, 0.25) is 0 Å². The predicted octanol–water partition coefficient (Wildman–Crippen LogP) is 2.99. The van der Waals surface area contributed by atoms with Crippen LogP contribution < -0.4 is 10.1 Å². The molecule has 1 N–H and O–H groups in total. The number of nitrogens with one attached hydrogen (secondary N) is 1. The number of benzene rings is 1. The van der Waals surface area contributed by atoms with Crippen LogP contribution in [-0.2, 0) is 4.74 Å². The Hall–Kier alpha value is -2.40. The summed E-state index contributed by atoms with van der Waals surface area (Å²) in [6, 6.07) is 11.1. The van der Waals surface area contributed by atoms with Gasteiger partial charge in [-0.25, -0.2) is 0 Å². The highest BCUT2D eigenvalue weighted by Crippen LogP contribution is 2.30. The van der Waals surface area contributed by atoms with Crippen LogP contribution in [0, 0.1) is 5.92 Å². The molecule has 5 nitrogen and oxygen atoms in total. The Balaban J connectivity index is 1.84. The van der Waals surface area contributed by atoms with Gasteiger partial charge in [-0.3, -0.25) is 9.78 Å². The fourth-order valence-electron chi connectivity index (χ4n) is 3.13. The van der Waals surface area contributed by atoms with Crippen LogP contribution in [0.1, 0.15) is 34.8 Å². The number of pyridine rings is 1. The number of carbonyl (C=O) groups is 1. The molecule has 0 spiro atoms. The SMILES string of the molecule is COc1ccccc1C(=O)NC(c1cccnc1)C1CCOCC1. The third kappa shape index (κ3) is 3.74. The van der Waals surface area contributed by atoms with Crippen molar-refractivity contribution in [3.05, 3.63) is 59.9 Å². The molecular weight excluding hydrogens is 304 g/mol. The number of ether oxygens (including phenoxy) is 2. The lowest BCUT2D eigenvalue weighted by molar-refractivity contribution is 0.0513. The fraction of sp³-hybridized carbons (Fsp3) is 0.368. The van der Waals surface area contributed by atoms with Crippen molar-refractivity contribution >= 4 is 5.91 Å². The normalized spacial score (nSPS) is 16.4. The van der Waals surface area contributed by atoms with Crippen molar-refractivity contribution in [1.82, 2.24) is 10.3 Å². The third-order valence-electron chi connectivity index (χ3n) is 4.42. The number of aromatic nitrogens is 1. The quantitative estimate of drug-likeness (QED) is 0.917. The summed E-state index contributed by atoms with van der Waals surface area (Å²) >= 11 is 0. The largest absolute Gasteiger partial charge is 0.496 e. The molecule has 0 bridgehead atoms. The van der Waals surface area contributed by atoms with E-state index < -0.39 is 0 Å². The van der Waals surface area contributed by atoms with Crippen molar-refractivity contribution in [1.29, 1.82) is 0 Å². The molecule has 1 fully saturated rings. The van der Waals surface area contributed by atoms with Gasteiger partial charge in [0.25, 0.3) is 5.91 Å². The maximum absolute atomic E-state index is 12.8. The van der Waals surface area contributed by atoms with Crippen LogP contribution in [0.4, 0.5) is 0 Å². The summed E-state index contributed by atoms with van der Waals surface area (Å²) in [5, 5.41) is 3.18. The van der Waals surface area contributed by atoms with E-state index in [1.54, 1.807) is 25.4 Å². The number of para-hydroxylation sites is 1. The Kier molecular flexibility index (Phi) is 5.43. The van der Waals surface area contributed by atoms with Crippen molar-refractivity contribution in [3.63, 3.8) is 0 Å². The highest BCUT2D eigenvalue weighted by atomic mass is 16.5. The zero-order chi connectivity index (χ0) is 16.8. The summed E-state index contributed by atoms with van der Waals surface area (Å²) in [6.45, 7) is 1.46. The van der Waals surface area contributed by atoms with E-state index in [1.807, 2.05) is 30.5 Å². The number of rotatable bonds is 5. The van der Waals surface area contributed by atoms with Gasteiger partial charge in [0.1, 0.15) is 5.75 Å². The first-order valence-electron chi connectivity index (χ1n) is 8.21. The Morgan fingerprint density at radius 1 is 1.25 bits per heavy atom. The van der Waals surface area contributed by atoms with Gasteiger partial charge in [-0.05, 0) is 42.5 Å². The van der Waals surface area contributed by atoms with E-state index >= 15 is 0 Å². The van der Waals surface area contributed by atoms with Crippen molar-refractivity contribution < 1.29 is 14.3 Å². The Labute approximate surface area is 142 Å². The van der Waals surface area contributed by atoms with Crippen LogP contribution in [0.3, 0.4) is 0 Å². The van der Waals surface area contributed by atoms with Crippen molar-refractivity contribution in [2.24, 2.45) is 5.92 Å². The van der Waals surface area contributed by atoms with E-state index in [0.29, 0.717) is 17.2 Å². The van der Waals surface area contributed by atoms with Gasteiger partial charge in [0.15, 0.2) is 0 Å². The average molecular weight is 326 g/mol. The molecule has 1 aromatic heterocycles. The van der Waals surface area contributed by atoms with Gasteiger partial charge in [-0.1, -0.05) is 18.2 Å². The zero-order valence-corrected chi connectivity index (χ0v) is 13.8. The summed E-state index contributed by atoms with van der Waals surface area (Å²) < 4.78 is 10.8. The van der Waals surface area contributed by atoms with E-state index in [4.69, 9.17) is 9.47 Å². The van der Waals surface area contributed by atoms with Crippen LogP contribution in [0.25, 0.3) is 0 Å². The minimum atomic E-state index is -0.132. The molecule has 1 aliphatic heterocycles. The van der Waals surface area contributed by atoms with Crippen molar-refractivity contribution in [2.75, 3.05) is 20.3 Å². The Morgan fingerprint density at radius 3 is 2.75 bits per heavy atom. The van der Waals surface area contributed by atoms with Gasteiger partial charge in [0, 0.05) is 25.6 Å². The maximum Gasteiger partial charge on any atom is 0.255 e. The molecular formula is C19H22N2O3. The second-order valence-electron chi connectivity index (χ2n) is 5.89.